The molecule has 2 aromatic rings. The van der Waals surface area contributed by atoms with Crippen LogP contribution < -0.4 is 10.1 Å². The van der Waals surface area contributed by atoms with Crippen molar-refractivity contribution < 1.29 is 23.9 Å². The van der Waals surface area contributed by atoms with Crippen LogP contribution >= 0.6 is 11.8 Å². The molecule has 0 atom stereocenters. The number of carbonyl (C=O) groups excluding carboxylic acids is 3. The summed E-state index contributed by atoms with van der Waals surface area (Å²) < 4.78 is 10.8. The van der Waals surface area contributed by atoms with Crippen molar-refractivity contribution in [3.63, 3.8) is 0 Å². The minimum Gasteiger partial charge on any atom is -0.488 e. The van der Waals surface area contributed by atoms with Gasteiger partial charge >= 0.3 is 0 Å². The summed E-state index contributed by atoms with van der Waals surface area (Å²) in [6.07, 6.45) is 2.28. The lowest BCUT2D eigenvalue weighted by molar-refractivity contribution is -0.129. The van der Waals surface area contributed by atoms with Crippen LogP contribution in [-0.4, -0.2) is 48.8 Å². The number of methoxy groups -OCH3 is 1. The molecule has 0 radical (unpaired) electrons. The number of benzene rings is 2. The highest BCUT2D eigenvalue weighted by Gasteiger charge is 2.36. The fourth-order valence-corrected chi connectivity index (χ4v) is 3.72. The Kier molecular flexibility index (Phi) is 8.26. The number of amides is 3. The average molecular weight is 441 g/mol. The van der Waals surface area contributed by atoms with Crippen LogP contribution in [0.25, 0.3) is 6.08 Å². The summed E-state index contributed by atoms with van der Waals surface area (Å²) in [6, 6.07) is 17.1. The summed E-state index contributed by atoms with van der Waals surface area (Å²) in [5.41, 5.74) is 1.71. The van der Waals surface area contributed by atoms with Crippen molar-refractivity contribution in [3.8, 4) is 5.75 Å². The maximum Gasteiger partial charge on any atom is 0.294 e. The molecule has 3 amide bonds. The first-order chi connectivity index (χ1) is 15.1. The lowest BCUT2D eigenvalue weighted by Crippen LogP contribution is -2.39. The van der Waals surface area contributed by atoms with Crippen LogP contribution in [0.2, 0.25) is 0 Å². The second-order valence-corrected chi connectivity index (χ2v) is 7.77. The monoisotopic (exact) mass is 440 g/mol. The molecule has 0 unspecified atom stereocenters. The van der Waals surface area contributed by atoms with E-state index in [9.17, 15) is 14.4 Å². The van der Waals surface area contributed by atoms with E-state index in [1.165, 1.54) is 0 Å². The van der Waals surface area contributed by atoms with Gasteiger partial charge in [-0.15, -0.1) is 0 Å². The maximum absolute atomic E-state index is 12.7. The molecule has 1 fully saturated rings. The Morgan fingerprint density at radius 1 is 1.10 bits per heavy atom. The summed E-state index contributed by atoms with van der Waals surface area (Å²) in [5.74, 6) is -0.264. The zero-order valence-corrected chi connectivity index (χ0v) is 18.0. The van der Waals surface area contributed by atoms with E-state index < -0.39 is 11.1 Å². The van der Waals surface area contributed by atoms with Crippen molar-refractivity contribution in [1.29, 1.82) is 0 Å². The summed E-state index contributed by atoms with van der Waals surface area (Å²) in [7, 11) is 1.58. The summed E-state index contributed by atoms with van der Waals surface area (Å²) in [5, 5.41) is 2.21. The Morgan fingerprint density at radius 3 is 2.61 bits per heavy atom. The number of nitrogens with zero attached hydrogens (tertiary/aromatic N) is 1. The topological polar surface area (TPSA) is 84.9 Å². The SMILES string of the molecule is COCCCNC(=O)CN1C(=O)S/C(=C\c2ccccc2OCc2ccccc2)C1=O. The highest BCUT2D eigenvalue weighted by molar-refractivity contribution is 8.18. The number of carbonyl (C=O) groups is 3. The standard InChI is InChI=1S/C23H24N2O5S/c1-29-13-7-12-24-21(26)15-25-22(27)20(31-23(25)28)14-18-10-5-6-11-19(18)30-16-17-8-3-2-4-9-17/h2-6,8-11,14H,7,12-13,15-16H2,1H3,(H,24,26)/b20-14-. The molecule has 31 heavy (non-hydrogen) atoms. The molecule has 0 aromatic heterocycles. The van der Waals surface area contributed by atoms with Gasteiger partial charge in [0.25, 0.3) is 11.1 Å². The summed E-state index contributed by atoms with van der Waals surface area (Å²) in [6.45, 7) is 1.03. The number of thioether (sulfide) groups is 1. The normalized spacial score (nSPS) is 14.9. The average Bonchev–Trinajstić information content (AvgIpc) is 3.04. The van der Waals surface area contributed by atoms with Gasteiger partial charge in [0.1, 0.15) is 18.9 Å². The smallest absolute Gasteiger partial charge is 0.294 e. The number of imide groups is 1. The molecule has 7 nitrogen and oxygen atoms in total. The first-order valence-electron chi connectivity index (χ1n) is 9.85. The van der Waals surface area contributed by atoms with Crippen LogP contribution in [0.4, 0.5) is 4.79 Å². The largest absolute Gasteiger partial charge is 0.488 e. The molecule has 1 heterocycles. The van der Waals surface area contributed by atoms with Crippen LogP contribution in [-0.2, 0) is 20.9 Å². The number of para-hydroxylation sites is 1. The van der Waals surface area contributed by atoms with E-state index in [1.54, 1.807) is 13.2 Å². The molecule has 2 aromatic carbocycles. The fraction of sp³-hybridized carbons (Fsp3) is 0.261. The third-order valence-electron chi connectivity index (χ3n) is 4.47. The fourth-order valence-electron chi connectivity index (χ4n) is 2.89. The van der Waals surface area contributed by atoms with Crippen molar-refractivity contribution in [2.45, 2.75) is 13.0 Å². The van der Waals surface area contributed by atoms with Gasteiger partial charge in [0.2, 0.25) is 5.91 Å². The zero-order valence-electron chi connectivity index (χ0n) is 17.2. The predicted molar refractivity (Wildman–Crippen MR) is 119 cm³/mol. The molecule has 1 saturated heterocycles. The molecule has 1 aliphatic heterocycles. The quantitative estimate of drug-likeness (QED) is 0.450. The van der Waals surface area contributed by atoms with Crippen LogP contribution in [0.3, 0.4) is 0 Å². The highest BCUT2D eigenvalue weighted by Crippen LogP contribution is 2.34. The van der Waals surface area contributed by atoms with E-state index >= 15 is 0 Å². The van der Waals surface area contributed by atoms with E-state index in [1.807, 2.05) is 54.6 Å². The molecule has 0 aliphatic carbocycles. The number of rotatable bonds is 10. The van der Waals surface area contributed by atoms with Crippen molar-refractivity contribution in [1.82, 2.24) is 10.2 Å². The summed E-state index contributed by atoms with van der Waals surface area (Å²) >= 11 is 0.817. The minimum atomic E-state index is -0.486. The first-order valence-corrected chi connectivity index (χ1v) is 10.7. The first kappa shape index (κ1) is 22.6. The number of hydrogen-bond acceptors (Lipinski definition) is 6. The lowest BCUT2D eigenvalue weighted by atomic mass is 10.1. The van der Waals surface area contributed by atoms with Crippen molar-refractivity contribution >= 4 is 34.9 Å². The molecule has 8 heteroatoms. The van der Waals surface area contributed by atoms with Crippen molar-refractivity contribution in [2.75, 3.05) is 26.8 Å². The Labute approximate surface area is 185 Å². The second kappa shape index (κ2) is 11.3. The molecule has 162 valence electrons. The van der Waals surface area contributed by atoms with Crippen LogP contribution in [0.1, 0.15) is 17.5 Å². The molecule has 0 saturated carbocycles. The van der Waals surface area contributed by atoms with Gasteiger partial charge in [-0.05, 0) is 35.9 Å². The van der Waals surface area contributed by atoms with E-state index in [0.29, 0.717) is 37.5 Å². The third kappa shape index (κ3) is 6.44. The molecular weight excluding hydrogens is 416 g/mol. The number of ether oxygens (including phenoxy) is 2. The Bertz CT molecular complexity index is 961. The van der Waals surface area contributed by atoms with E-state index in [2.05, 4.69) is 5.32 Å². The van der Waals surface area contributed by atoms with Gasteiger partial charge in [-0.2, -0.15) is 0 Å². The van der Waals surface area contributed by atoms with Crippen LogP contribution in [0.15, 0.2) is 59.5 Å². The van der Waals surface area contributed by atoms with Crippen molar-refractivity contribution in [3.05, 3.63) is 70.6 Å². The molecule has 1 N–H and O–H groups in total. The minimum absolute atomic E-state index is 0.257. The Balaban J connectivity index is 1.65. The van der Waals surface area contributed by atoms with Crippen molar-refractivity contribution in [2.24, 2.45) is 0 Å². The van der Waals surface area contributed by atoms with Gasteiger partial charge in [0, 0.05) is 25.8 Å². The maximum atomic E-state index is 12.7. The predicted octanol–water partition coefficient (Wildman–Crippen LogP) is 3.45. The van der Waals surface area contributed by atoms with Gasteiger partial charge in [0.05, 0.1) is 4.91 Å². The highest BCUT2D eigenvalue weighted by atomic mass is 32.2. The van der Waals surface area contributed by atoms with Gasteiger partial charge in [0.15, 0.2) is 0 Å². The van der Waals surface area contributed by atoms with Gasteiger partial charge < -0.3 is 14.8 Å². The van der Waals surface area contributed by atoms with Crippen LogP contribution in [0.5, 0.6) is 5.75 Å². The summed E-state index contributed by atoms with van der Waals surface area (Å²) in [4.78, 5) is 38.2. The number of hydrogen-bond donors (Lipinski definition) is 1. The van der Waals surface area contributed by atoms with E-state index in [-0.39, 0.29) is 17.4 Å². The van der Waals surface area contributed by atoms with Crippen LogP contribution in [0, 0.1) is 0 Å². The third-order valence-corrected chi connectivity index (χ3v) is 5.37. The van der Waals surface area contributed by atoms with E-state index in [0.717, 1.165) is 22.2 Å². The Hall–Kier alpha value is -3.10. The molecule has 3 rings (SSSR count). The van der Waals surface area contributed by atoms with Gasteiger partial charge in [-0.1, -0.05) is 48.5 Å². The van der Waals surface area contributed by atoms with Gasteiger partial charge in [-0.3, -0.25) is 19.3 Å². The zero-order chi connectivity index (χ0) is 22.1. The second-order valence-electron chi connectivity index (χ2n) is 6.78. The molecule has 1 aliphatic rings. The molecule has 0 spiro atoms. The Morgan fingerprint density at radius 2 is 1.84 bits per heavy atom. The van der Waals surface area contributed by atoms with E-state index in [4.69, 9.17) is 9.47 Å². The molecular formula is C23H24N2O5S. The number of nitrogens with one attached hydrogen (secondary N) is 1. The van der Waals surface area contributed by atoms with Gasteiger partial charge in [-0.25, -0.2) is 0 Å². The molecule has 0 bridgehead atoms. The lowest BCUT2D eigenvalue weighted by Gasteiger charge is -2.12.